The van der Waals surface area contributed by atoms with Gasteiger partial charge in [-0.25, -0.2) is 4.79 Å². The van der Waals surface area contributed by atoms with Gasteiger partial charge in [0, 0.05) is 25.2 Å². The number of aliphatic hydroxyl groups is 1. The number of nitrogens with one attached hydrogen (secondary N) is 1. The Morgan fingerprint density at radius 3 is 2.56 bits per heavy atom. The maximum absolute atomic E-state index is 12.6. The van der Waals surface area contributed by atoms with Gasteiger partial charge in [-0.2, -0.15) is 0 Å². The molecule has 27 heavy (non-hydrogen) atoms. The molecule has 1 saturated carbocycles. The molecule has 0 bridgehead atoms. The van der Waals surface area contributed by atoms with E-state index in [9.17, 15) is 14.7 Å². The molecule has 0 radical (unpaired) electrons. The van der Waals surface area contributed by atoms with Crippen molar-refractivity contribution in [3.05, 3.63) is 55.7 Å². The summed E-state index contributed by atoms with van der Waals surface area (Å²) in [6.45, 7) is 1.01. The maximum Gasteiger partial charge on any atom is 0.329 e. The van der Waals surface area contributed by atoms with Crippen molar-refractivity contribution in [1.82, 2.24) is 9.55 Å². The zero-order valence-corrected chi connectivity index (χ0v) is 17.1. The van der Waals surface area contributed by atoms with Gasteiger partial charge in [0.2, 0.25) is 0 Å². The highest BCUT2D eigenvalue weighted by molar-refractivity contribution is 9.09. The lowest BCUT2D eigenvalue weighted by atomic mass is 10.2. The molecule has 0 spiro atoms. The zero-order chi connectivity index (χ0) is 19.3. The summed E-state index contributed by atoms with van der Waals surface area (Å²) in [7, 11) is 1.64. The molecule has 9 heteroatoms. The Morgan fingerprint density at radius 2 is 1.93 bits per heavy atom. The fourth-order valence-electron chi connectivity index (χ4n) is 3.44. The maximum atomic E-state index is 12.6. The fraction of sp³-hybridized carbons (Fsp3) is 0.444. The Kier molecular flexibility index (Phi) is 4.60. The first-order valence-electron chi connectivity index (χ1n) is 8.77. The summed E-state index contributed by atoms with van der Waals surface area (Å²) in [5.74, 6) is 0.559. The molecule has 0 saturated heterocycles. The van der Waals surface area contributed by atoms with Crippen LogP contribution >= 0.6 is 27.5 Å². The summed E-state index contributed by atoms with van der Waals surface area (Å²) in [6, 6.07) is 7.44. The van der Waals surface area contributed by atoms with Gasteiger partial charge in [-0.15, -0.1) is 0 Å². The molecule has 7 nitrogen and oxygen atoms in total. The van der Waals surface area contributed by atoms with Crippen molar-refractivity contribution in [2.75, 3.05) is 16.3 Å². The largest absolute Gasteiger partial charge is 0.390 e. The summed E-state index contributed by atoms with van der Waals surface area (Å²) >= 11 is 9.65. The van der Waals surface area contributed by atoms with Crippen molar-refractivity contribution in [1.29, 1.82) is 0 Å². The molecule has 144 valence electrons. The topological polar surface area (TPSA) is 81.6 Å². The Bertz CT molecular complexity index is 984. The molecular formula is C18H20BrClN4O3. The Labute approximate surface area is 169 Å². The van der Waals surface area contributed by atoms with Gasteiger partial charge >= 0.3 is 5.69 Å². The van der Waals surface area contributed by atoms with Crippen molar-refractivity contribution in [2.24, 2.45) is 7.05 Å². The number of aromatic amines is 1. The van der Waals surface area contributed by atoms with Crippen LogP contribution in [-0.2, 0) is 13.6 Å². The van der Waals surface area contributed by atoms with Crippen molar-refractivity contribution in [2.45, 2.75) is 36.5 Å². The molecule has 1 aromatic carbocycles. The number of hydrogen-bond donors (Lipinski definition) is 2. The lowest BCUT2D eigenvalue weighted by Crippen LogP contribution is -2.40. The number of benzene rings is 1. The normalized spacial score (nSPS) is 20.1. The quantitative estimate of drug-likeness (QED) is 0.533. The van der Waals surface area contributed by atoms with E-state index in [4.69, 9.17) is 11.6 Å². The minimum atomic E-state index is -0.615. The molecule has 2 N–H and O–H groups in total. The highest BCUT2D eigenvalue weighted by Crippen LogP contribution is 2.43. The van der Waals surface area contributed by atoms with Crippen LogP contribution in [0.4, 0.5) is 11.5 Å². The number of H-pyrrole nitrogens is 1. The van der Waals surface area contributed by atoms with E-state index >= 15 is 0 Å². The molecule has 2 aromatic rings. The number of hydrogen-bond acceptors (Lipinski definition) is 5. The molecule has 4 rings (SSSR count). The van der Waals surface area contributed by atoms with E-state index in [1.54, 1.807) is 7.05 Å². The Morgan fingerprint density at radius 1 is 1.26 bits per heavy atom. The summed E-state index contributed by atoms with van der Waals surface area (Å²) in [5, 5.41) is 10.6. The molecule has 1 aliphatic heterocycles. The first kappa shape index (κ1) is 18.6. The standard InChI is InChI=1S/C18H20BrClN4O3/c1-22-15-13(14(25)21-17(22)26)24(10-11-2-4-12(20)5-3-11)16(19)23(15)9-8-18(27)6-7-18/h2-5,16,27H,6-10H2,1H3,(H,21,25,26). The van der Waals surface area contributed by atoms with Gasteiger partial charge in [-0.3, -0.25) is 14.3 Å². The van der Waals surface area contributed by atoms with Gasteiger partial charge in [0.05, 0.1) is 5.60 Å². The van der Waals surface area contributed by atoms with Crippen LogP contribution in [0.1, 0.15) is 24.8 Å². The second kappa shape index (κ2) is 6.68. The van der Waals surface area contributed by atoms with Crippen molar-refractivity contribution in [3.63, 3.8) is 0 Å². The molecule has 1 atom stereocenters. The monoisotopic (exact) mass is 454 g/mol. The van der Waals surface area contributed by atoms with Gasteiger partial charge in [0.25, 0.3) is 5.56 Å². The van der Waals surface area contributed by atoms with E-state index < -0.39 is 16.9 Å². The van der Waals surface area contributed by atoms with Gasteiger partial charge in [-0.1, -0.05) is 23.7 Å². The van der Waals surface area contributed by atoms with E-state index in [0.717, 1.165) is 18.4 Å². The van der Waals surface area contributed by atoms with E-state index in [1.807, 2.05) is 34.1 Å². The predicted molar refractivity (Wildman–Crippen MR) is 109 cm³/mol. The average molecular weight is 456 g/mol. The van der Waals surface area contributed by atoms with Crippen LogP contribution in [0.15, 0.2) is 33.9 Å². The van der Waals surface area contributed by atoms with E-state index in [-0.39, 0.29) is 5.08 Å². The minimum absolute atomic E-state index is 0.306. The summed E-state index contributed by atoms with van der Waals surface area (Å²) in [6.07, 6.45) is 2.18. The van der Waals surface area contributed by atoms with E-state index in [0.29, 0.717) is 36.0 Å². The van der Waals surface area contributed by atoms with Gasteiger partial charge in [-0.05, 0) is 52.9 Å². The third kappa shape index (κ3) is 3.41. The number of alkyl halides is 1. The van der Waals surface area contributed by atoms with Crippen molar-refractivity contribution in [3.8, 4) is 0 Å². The van der Waals surface area contributed by atoms with Crippen LogP contribution in [0, 0.1) is 0 Å². The number of aromatic nitrogens is 2. The molecule has 2 aliphatic rings. The van der Waals surface area contributed by atoms with E-state index in [1.165, 1.54) is 4.57 Å². The summed E-state index contributed by atoms with van der Waals surface area (Å²) in [5.41, 5.74) is -0.0557. The van der Waals surface area contributed by atoms with E-state index in [2.05, 4.69) is 20.9 Å². The van der Waals surface area contributed by atoms with Crippen LogP contribution in [-0.4, -0.2) is 31.9 Å². The smallest absolute Gasteiger partial charge is 0.329 e. The van der Waals surface area contributed by atoms with Crippen LogP contribution in [0.25, 0.3) is 0 Å². The Balaban J connectivity index is 1.72. The second-order valence-corrected chi connectivity index (χ2v) is 8.48. The zero-order valence-electron chi connectivity index (χ0n) is 14.8. The Hall–Kier alpha value is -1.77. The lowest BCUT2D eigenvalue weighted by Gasteiger charge is -2.29. The van der Waals surface area contributed by atoms with Gasteiger partial charge < -0.3 is 14.9 Å². The predicted octanol–water partition coefficient (Wildman–Crippen LogP) is 2.15. The van der Waals surface area contributed by atoms with Crippen LogP contribution in [0.5, 0.6) is 0 Å². The SMILES string of the molecule is Cn1c2c(c(=O)[nH]c1=O)N(Cc1ccc(Cl)cc1)C(Br)N2CCC1(O)CC1. The number of nitrogens with zero attached hydrogens (tertiary/aromatic N) is 3. The molecule has 1 aliphatic carbocycles. The minimum Gasteiger partial charge on any atom is -0.390 e. The summed E-state index contributed by atoms with van der Waals surface area (Å²) < 4.78 is 1.45. The molecule has 0 amide bonds. The third-order valence-electron chi connectivity index (χ3n) is 5.25. The van der Waals surface area contributed by atoms with Crippen molar-refractivity contribution >= 4 is 39.0 Å². The molecular weight excluding hydrogens is 436 g/mol. The highest BCUT2D eigenvalue weighted by atomic mass is 79.9. The molecule has 1 aromatic heterocycles. The average Bonchev–Trinajstić information content (AvgIpc) is 3.29. The van der Waals surface area contributed by atoms with Gasteiger partial charge in [0.15, 0.2) is 5.08 Å². The molecule has 1 unspecified atom stereocenters. The number of anilines is 2. The lowest BCUT2D eigenvalue weighted by molar-refractivity contribution is 0.142. The first-order chi connectivity index (χ1) is 12.8. The number of fused-ring (bicyclic) bond motifs is 1. The fourth-order valence-corrected chi connectivity index (χ4v) is 4.31. The third-order valence-corrected chi connectivity index (χ3v) is 6.50. The first-order valence-corrected chi connectivity index (χ1v) is 10.1. The van der Waals surface area contributed by atoms with Gasteiger partial charge in [0.1, 0.15) is 11.5 Å². The van der Waals surface area contributed by atoms with Crippen molar-refractivity contribution < 1.29 is 5.11 Å². The molecule has 2 heterocycles. The summed E-state index contributed by atoms with van der Waals surface area (Å²) in [4.78, 5) is 31.0. The molecule has 1 fully saturated rings. The second-order valence-electron chi connectivity index (χ2n) is 7.22. The number of rotatable bonds is 5. The van der Waals surface area contributed by atoms with Crippen LogP contribution in [0.3, 0.4) is 0 Å². The highest BCUT2D eigenvalue weighted by Gasteiger charge is 2.43. The van der Waals surface area contributed by atoms with Crippen LogP contribution < -0.4 is 21.0 Å². The van der Waals surface area contributed by atoms with Crippen LogP contribution in [0.2, 0.25) is 5.02 Å². The number of halogens is 2.